The zero-order valence-electron chi connectivity index (χ0n) is 15.2. The summed E-state index contributed by atoms with van der Waals surface area (Å²) in [6.07, 6.45) is 8.93. The average molecular weight is 314 g/mol. The molecule has 0 nitrogen and oxygen atoms in total. The molecule has 2 aliphatic carbocycles. The Balaban J connectivity index is 2.06. The first kappa shape index (κ1) is 15.4. The number of allylic oxidation sites excluding steroid dienone is 4. The second-order valence-electron chi connectivity index (χ2n) is 7.75. The minimum absolute atomic E-state index is 0.548. The van der Waals surface area contributed by atoms with Gasteiger partial charge in [-0.3, -0.25) is 0 Å². The molecule has 0 spiro atoms. The third-order valence-electron chi connectivity index (χ3n) is 5.48. The van der Waals surface area contributed by atoms with Crippen LogP contribution in [-0.2, 0) is 6.42 Å². The minimum Gasteiger partial charge on any atom is -0.0801 e. The number of rotatable bonds is 3. The Labute approximate surface area is 145 Å². The summed E-state index contributed by atoms with van der Waals surface area (Å²) in [6, 6.07) is 11.5. The molecule has 0 saturated heterocycles. The molecule has 0 saturated carbocycles. The molecule has 0 aliphatic heterocycles. The molecule has 24 heavy (non-hydrogen) atoms. The van der Waals surface area contributed by atoms with E-state index in [1.165, 1.54) is 33.4 Å². The van der Waals surface area contributed by atoms with Crippen molar-refractivity contribution in [2.45, 2.75) is 52.4 Å². The van der Waals surface area contributed by atoms with Gasteiger partial charge in [0.2, 0.25) is 0 Å². The molecular formula is C24H26. The van der Waals surface area contributed by atoms with Crippen LogP contribution in [0.2, 0.25) is 0 Å². The summed E-state index contributed by atoms with van der Waals surface area (Å²) < 4.78 is 0. The molecule has 0 amide bonds. The van der Waals surface area contributed by atoms with Crippen molar-refractivity contribution in [3.63, 3.8) is 0 Å². The van der Waals surface area contributed by atoms with E-state index in [0.717, 1.165) is 12.8 Å². The second kappa shape index (κ2) is 5.77. The Hall–Kier alpha value is -2.08. The fraction of sp³-hybridized carbons (Fsp3) is 0.333. The maximum absolute atomic E-state index is 2.50. The van der Waals surface area contributed by atoms with Gasteiger partial charge in [0.1, 0.15) is 0 Å². The highest BCUT2D eigenvalue weighted by Gasteiger charge is 2.29. The zero-order chi connectivity index (χ0) is 16.8. The maximum Gasteiger partial charge on any atom is -0.000729 e. The zero-order valence-corrected chi connectivity index (χ0v) is 15.2. The average Bonchev–Trinajstić information content (AvgIpc) is 3.20. The lowest BCUT2D eigenvalue weighted by atomic mass is 9.80. The van der Waals surface area contributed by atoms with E-state index in [-0.39, 0.29) is 0 Å². The van der Waals surface area contributed by atoms with E-state index in [1.54, 1.807) is 11.1 Å². The lowest BCUT2D eigenvalue weighted by Gasteiger charge is -2.24. The summed E-state index contributed by atoms with van der Waals surface area (Å²) in [6.45, 7) is 9.36. The SMILES string of the molecule is CC(C)c1cc(C2=CC=CC2)c2c(c1C(C)C)-c1ccccc1C2. The third-order valence-corrected chi connectivity index (χ3v) is 5.48. The summed E-state index contributed by atoms with van der Waals surface area (Å²) in [5, 5.41) is 0. The maximum atomic E-state index is 2.50. The summed E-state index contributed by atoms with van der Waals surface area (Å²) >= 11 is 0. The van der Waals surface area contributed by atoms with Crippen LogP contribution in [0.3, 0.4) is 0 Å². The van der Waals surface area contributed by atoms with Crippen LogP contribution < -0.4 is 0 Å². The number of hydrogen-bond acceptors (Lipinski definition) is 0. The van der Waals surface area contributed by atoms with Crippen molar-refractivity contribution in [3.8, 4) is 11.1 Å². The van der Waals surface area contributed by atoms with Crippen molar-refractivity contribution in [1.29, 1.82) is 0 Å². The molecule has 2 aromatic rings. The molecule has 0 bridgehead atoms. The molecule has 2 aromatic carbocycles. The molecule has 0 heteroatoms. The van der Waals surface area contributed by atoms with Crippen LogP contribution in [0.25, 0.3) is 16.7 Å². The van der Waals surface area contributed by atoms with E-state index in [2.05, 4.69) is 76.3 Å². The first-order valence-electron chi connectivity index (χ1n) is 9.22. The van der Waals surface area contributed by atoms with E-state index >= 15 is 0 Å². The van der Waals surface area contributed by atoms with Gasteiger partial charge in [-0.1, -0.05) is 76.3 Å². The normalized spacial score (nSPS) is 15.2. The predicted octanol–water partition coefficient (Wildman–Crippen LogP) is 6.85. The molecular weight excluding hydrogens is 288 g/mol. The predicted molar refractivity (Wildman–Crippen MR) is 105 cm³/mol. The van der Waals surface area contributed by atoms with Gasteiger partial charge in [-0.2, -0.15) is 0 Å². The highest BCUT2D eigenvalue weighted by molar-refractivity contribution is 5.88. The van der Waals surface area contributed by atoms with E-state index in [0.29, 0.717) is 11.8 Å². The third kappa shape index (κ3) is 2.28. The lowest BCUT2D eigenvalue weighted by molar-refractivity contribution is 0.790. The van der Waals surface area contributed by atoms with Gasteiger partial charge in [0.25, 0.3) is 0 Å². The number of benzene rings is 2. The molecule has 0 heterocycles. The Bertz CT molecular complexity index is 860. The Morgan fingerprint density at radius 1 is 0.917 bits per heavy atom. The highest BCUT2D eigenvalue weighted by atomic mass is 14.3. The Morgan fingerprint density at radius 2 is 1.71 bits per heavy atom. The van der Waals surface area contributed by atoms with Gasteiger partial charge < -0.3 is 0 Å². The number of fused-ring (bicyclic) bond motifs is 3. The highest BCUT2D eigenvalue weighted by Crippen LogP contribution is 2.48. The largest absolute Gasteiger partial charge is 0.0801 e. The van der Waals surface area contributed by atoms with Crippen molar-refractivity contribution < 1.29 is 0 Å². The molecule has 0 fully saturated rings. The first-order chi connectivity index (χ1) is 11.6. The van der Waals surface area contributed by atoms with Crippen molar-refractivity contribution in [2.24, 2.45) is 0 Å². The smallest absolute Gasteiger partial charge is 0.000729 e. The van der Waals surface area contributed by atoms with Crippen molar-refractivity contribution in [2.75, 3.05) is 0 Å². The summed E-state index contributed by atoms with van der Waals surface area (Å²) in [5.74, 6) is 1.10. The van der Waals surface area contributed by atoms with E-state index in [4.69, 9.17) is 0 Å². The molecule has 0 radical (unpaired) electrons. The molecule has 0 atom stereocenters. The molecule has 0 unspecified atom stereocenters. The fourth-order valence-electron chi connectivity index (χ4n) is 4.40. The quantitative estimate of drug-likeness (QED) is 0.496. The monoisotopic (exact) mass is 314 g/mol. The van der Waals surface area contributed by atoms with Crippen LogP contribution in [0.1, 0.15) is 73.8 Å². The van der Waals surface area contributed by atoms with Gasteiger partial charge >= 0.3 is 0 Å². The van der Waals surface area contributed by atoms with Crippen LogP contribution in [0.15, 0.2) is 48.6 Å². The summed E-state index contributed by atoms with van der Waals surface area (Å²) in [7, 11) is 0. The molecule has 4 rings (SSSR count). The van der Waals surface area contributed by atoms with Crippen LogP contribution in [0, 0.1) is 0 Å². The Morgan fingerprint density at radius 3 is 2.38 bits per heavy atom. The second-order valence-corrected chi connectivity index (χ2v) is 7.75. The molecule has 122 valence electrons. The van der Waals surface area contributed by atoms with E-state index in [1.807, 2.05) is 0 Å². The molecule has 0 aromatic heterocycles. The van der Waals surface area contributed by atoms with E-state index < -0.39 is 0 Å². The molecule has 2 aliphatic rings. The summed E-state index contributed by atoms with van der Waals surface area (Å²) in [4.78, 5) is 0. The van der Waals surface area contributed by atoms with Crippen molar-refractivity contribution in [3.05, 3.63) is 76.4 Å². The Kier molecular flexibility index (Phi) is 3.72. The molecule has 0 N–H and O–H groups in total. The summed E-state index contributed by atoms with van der Waals surface area (Å²) in [5.41, 5.74) is 12.1. The van der Waals surface area contributed by atoms with Crippen LogP contribution in [-0.4, -0.2) is 0 Å². The van der Waals surface area contributed by atoms with Gasteiger partial charge in [0.05, 0.1) is 0 Å². The van der Waals surface area contributed by atoms with Gasteiger partial charge in [-0.25, -0.2) is 0 Å². The first-order valence-corrected chi connectivity index (χ1v) is 9.22. The van der Waals surface area contributed by atoms with Crippen LogP contribution >= 0.6 is 0 Å². The van der Waals surface area contributed by atoms with Gasteiger partial charge in [0.15, 0.2) is 0 Å². The van der Waals surface area contributed by atoms with Gasteiger partial charge in [-0.05, 0) is 69.2 Å². The number of hydrogen-bond donors (Lipinski definition) is 0. The van der Waals surface area contributed by atoms with Gasteiger partial charge in [0, 0.05) is 0 Å². The van der Waals surface area contributed by atoms with Gasteiger partial charge in [-0.15, -0.1) is 0 Å². The standard InChI is InChI=1S/C24H26/c1-15(2)20-14-21(17-9-5-6-10-17)22-13-18-11-7-8-12-19(18)24(22)23(20)16(3)4/h5-9,11-12,14-16H,10,13H2,1-4H3. The van der Waals surface area contributed by atoms with Crippen molar-refractivity contribution in [1.82, 2.24) is 0 Å². The van der Waals surface area contributed by atoms with Crippen molar-refractivity contribution >= 4 is 5.57 Å². The van der Waals surface area contributed by atoms with Crippen LogP contribution in [0.5, 0.6) is 0 Å². The lowest BCUT2D eigenvalue weighted by Crippen LogP contribution is -2.05. The topological polar surface area (TPSA) is 0 Å². The fourth-order valence-corrected chi connectivity index (χ4v) is 4.40. The van der Waals surface area contributed by atoms with E-state index in [9.17, 15) is 0 Å². The minimum atomic E-state index is 0.548. The van der Waals surface area contributed by atoms with Crippen LogP contribution in [0.4, 0.5) is 0 Å².